The Morgan fingerprint density at radius 1 is 1.30 bits per heavy atom. The molecule has 1 heterocycles. The number of aliphatic hydroxyl groups is 1. The molecule has 0 saturated heterocycles. The number of nitrogens with zero attached hydrogens (tertiary/aromatic N) is 4. The van der Waals surface area contributed by atoms with E-state index in [1.54, 1.807) is 39.0 Å². The van der Waals surface area contributed by atoms with E-state index in [0.29, 0.717) is 22.6 Å². The molecule has 2 aromatic rings. The van der Waals surface area contributed by atoms with Gasteiger partial charge in [-0.2, -0.15) is 0 Å². The Bertz CT molecular complexity index is 848. The molecule has 0 saturated carbocycles. The van der Waals surface area contributed by atoms with Gasteiger partial charge in [0.2, 0.25) is 0 Å². The van der Waals surface area contributed by atoms with Crippen molar-refractivity contribution in [3.8, 4) is 0 Å². The third-order valence-electron chi connectivity index (χ3n) is 3.62. The predicted octanol–water partition coefficient (Wildman–Crippen LogP) is 2.84. The maximum absolute atomic E-state index is 12.2. The molecular weight excluding hydrogens is 352 g/mol. The molecule has 1 N–H and O–H groups in total. The van der Waals surface area contributed by atoms with E-state index in [4.69, 9.17) is 9.84 Å². The van der Waals surface area contributed by atoms with Crippen molar-refractivity contribution in [3.63, 3.8) is 0 Å². The zero-order chi connectivity index (χ0) is 20.2. The molecule has 1 amide bonds. The van der Waals surface area contributed by atoms with Crippen LogP contribution in [0.1, 0.15) is 37.6 Å². The van der Waals surface area contributed by atoms with Gasteiger partial charge in [-0.1, -0.05) is 12.1 Å². The summed E-state index contributed by atoms with van der Waals surface area (Å²) in [4.78, 5) is 32.4. The van der Waals surface area contributed by atoms with Crippen molar-refractivity contribution in [2.45, 2.75) is 39.4 Å². The first-order valence-electron chi connectivity index (χ1n) is 8.25. The number of hydrogen-bond donors (Lipinski definition) is 1. The monoisotopic (exact) mass is 374 g/mol. The first-order valence-corrected chi connectivity index (χ1v) is 8.25. The summed E-state index contributed by atoms with van der Waals surface area (Å²) in [6.45, 7) is 5.01. The maximum atomic E-state index is 12.2. The van der Waals surface area contributed by atoms with Gasteiger partial charge in [0.05, 0.1) is 17.2 Å². The smallest absolute Gasteiger partial charge is 0.415 e. The fourth-order valence-corrected chi connectivity index (χ4v) is 2.31. The average molecular weight is 374 g/mol. The van der Waals surface area contributed by atoms with E-state index in [2.05, 4.69) is 9.97 Å². The highest BCUT2D eigenvalue weighted by Crippen LogP contribution is 2.24. The summed E-state index contributed by atoms with van der Waals surface area (Å²) in [6, 6.07) is 6.12. The first-order chi connectivity index (χ1) is 12.6. The van der Waals surface area contributed by atoms with E-state index >= 15 is 0 Å². The van der Waals surface area contributed by atoms with Crippen molar-refractivity contribution in [2.24, 2.45) is 0 Å². The standard InChI is InChI=1S/C18H22N4O5/c1-18(2,3)27-17(24)21(4)16-9-14(19-11-20-16)8-13-6-5-12(10-23)7-15(13)22(25)26/h5-7,9,11,23H,8,10H2,1-4H3. The summed E-state index contributed by atoms with van der Waals surface area (Å²) >= 11 is 0. The van der Waals surface area contributed by atoms with Crippen LogP contribution in [0.25, 0.3) is 0 Å². The minimum absolute atomic E-state index is 0.0952. The number of nitro benzene ring substituents is 1. The Kier molecular flexibility index (Phi) is 6.06. The lowest BCUT2D eigenvalue weighted by molar-refractivity contribution is -0.385. The van der Waals surface area contributed by atoms with E-state index < -0.39 is 16.6 Å². The summed E-state index contributed by atoms with van der Waals surface area (Å²) in [5.41, 5.74) is 0.675. The number of aromatic nitrogens is 2. The number of anilines is 1. The molecule has 0 atom stereocenters. The number of carbonyl (C=O) groups is 1. The van der Waals surface area contributed by atoms with Gasteiger partial charge in [0.1, 0.15) is 17.7 Å². The minimum atomic E-state index is -0.643. The molecule has 0 aliphatic rings. The van der Waals surface area contributed by atoms with Gasteiger partial charge in [-0.05, 0) is 26.3 Å². The van der Waals surface area contributed by atoms with Crippen molar-refractivity contribution in [2.75, 3.05) is 11.9 Å². The fourth-order valence-electron chi connectivity index (χ4n) is 2.31. The van der Waals surface area contributed by atoms with Crippen molar-refractivity contribution < 1.29 is 19.6 Å². The van der Waals surface area contributed by atoms with Crippen LogP contribution in [0.4, 0.5) is 16.3 Å². The number of nitro groups is 1. The van der Waals surface area contributed by atoms with Crippen LogP contribution in [-0.4, -0.2) is 38.7 Å². The largest absolute Gasteiger partial charge is 0.443 e. The minimum Gasteiger partial charge on any atom is -0.443 e. The van der Waals surface area contributed by atoms with Crippen molar-refractivity contribution in [1.29, 1.82) is 0 Å². The normalized spacial score (nSPS) is 11.1. The van der Waals surface area contributed by atoms with Crippen LogP contribution in [0, 0.1) is 10.1 Å². The van der Waals surface area contributed by atoms with E-state index in [1.807, 2.05) is 0 Å². The zero-order valence-corrected chi connectivity index (χ0v) is 15.7. The second-order valence-corrected chi connectivity index (χ2v) is 6.96. The molecule has 27 heavy (non-hydrogen) atoms. The lowest BCUT2D eigenvalue weighted by Crippen LogP contribution is -2.34. The Morgan fingerprint density at radius 2 is 2.00 bits per heavy atom. The number of ether oxygens (including phenoxy) is 1. The Hall–Kier alpha value is -3.07. The summed E-state index contributed by atoms with van der Waals surface area (Å²) in [5, 5.41) is 20.5. The van der Waals surface area contributed by atoms with Crippen molar-refractivity contribution in [3.05, 3.63) is 57.5 Å². The van der Waals surface area contributed by atoms with E-state index in [0.717, 1.165) is 0 Å². The number of hydrogen-bond acceptors (Lipinski definition) is 7. The molecule has 0 fully saturated rings. The van der Waals surface area contributed by atoms with Crippen LogP contribution in [-0.2, 0) is 17.8 Å². The number of amides is 1. The van der Waals surface area contributed by atoms with Gasteiger partial charge >= 0.3 is 6.09 Å². The lowest BCUT2D eigenvalue weighted by atomic mass is 10.0. The number of benzene rings is 1. The van der Waals surface area contributed by atoms with Gasteiger partial charge in [-0.3, -0.25) is 15.0 Å². The molecule has 1 aromatic heterocycles. The van der Waals surface area contributed by atoms with Gasteiger partial charge in [0, 0.05) is 31.2 Å². The SMILES string of the molecule is CN(C(=O)OC(C)(C)C)c1cc(Cc2ccc(CO)cc2[N+](=O)[O-])ncn1. The fraction of sp³-hybridized carbons (Fsp3) is 0.389. The molecule has 0 radical (unpaired) electrons. The summed E-state index contributed by atoms with van der Waals surface area (Å²) in [7, 11) is 1.53. The summed E-state index contributed by atoms with van der Waals surface area (Å²) < 4.78 is 5.30. The number of aliphatic hydroxyl groups excluding tert-OH is 1. The average Bonchev–Trinajstić information content (AvgIpc) is 2.60. The zero-order valence-electron chi connectivity index (χ0n) is 15.7. The molecule has 0 unspecified atom stereocenters. The van der Waals surface area contributed by atoms with Gasteiger partial charge < -0.3 is 9.84 Å². The Morgan fingerprint density at radius 3 is 2.59 bits per heavy atom. The van der Waals surface area contributed by atoms with Crippen LogP contribution < -0.4 is 4.90 Å². The second kappa shape index (κ2) is 8.09. The lowest BCUT2D eigenvalue weighted by Gasteiger charge is -2.24. The van der Waals surface area contributed by atoms with Crippen LogP contribution >= 0.6 is 0 Å². The van der Waals surface area contributed by atoms with E-state index in [9.17, 15) is 14.9 Å². The van der Waals surface area contributed by atoms with Crippen LogP contribution in [0.15, 0.2) is 30.6 Å². The van der Waals surface area contributed by atoms with E-state index in [-0.39, 0.29) is 18.7 Å². The molecule has 144 valence electrons. The van der Waals surface area contributed by atoms with E-state index in [1.165, 1.54) is 24.3 Å². The van der Waals surface area contributed by atoms with Gasteiger partial charge in [-0.25, -0.2) is 14.8 Å². The molecule has 2 rings (SSSR count). The second-order valence-electron chi connectivity index (χ2n) is 6.96. The Labute approximate surface area is 156 Å². The molecule has 0 aliphatic carbocycles. The molecule has 0 spiro atoms. The van der Waals surface area contributed by atoms with Crippen molar-refractivity contribution in [1.82, 2.24) is 9.97 Å². The van der Waals surface area contributed by atoms with Gasteiger partial charge in [0.25, 0.3) is 5.69 Å². The molecule has 0 aliphatic heterocycles. The quantitative estimate of drug-likeness (QED) is 0.631. The number of rotatable bonds is 5. The third-order valence-corrected chi connectivity index (χ3v) is 3.62. The van der Waals surface area contributed by atoms with Gasteiger partial charge in [-0.15, -0.1) is 0 Å². The van der Waals surface area contributed by atoms with Crippen LogP contribution in [0.2, 0.25) is 0 Å². The molecule has 0 bridgehead atoms. The first kappa shape index (κ1) is 20.2. The predicted molar refractivity (Wildman–Crippen MR) is 98.5 cm³/mol. The highest BCUT2D eigenvalue weighted by atomic mass is 16.6. The summed E-state index contributed by atoms with van der Waals surface area (Å²) in [5.74, 6) is 0.323. The highest BCUT2D eigenvalue weighted by Gasteiger charge is 2.22. The van der Waals surface area contributed by atoms with Crippen molar-refractivity contribution >= 4 is 17.6 Å². The van der Waals surface area contributed by atoms with Gasteiger partial charge in [0.15, 0.2) is 0 Å². The van der Waals surface area contributed by atoms with Crippen LogP contribution in [0.5, 0.6) is 0 Å². The highest BCUT2D eigenvalue weighted by molar-refractivity contribution is 5.85. The summed E-state index contributed by atoms with van der Waals surface area (Å²) in [6.07, 6.45) is 0.907. The number of carbonyl (C=O) groups excluding carboxylic acids is 1. The Balaban J connectivity index is 2.26. The molecule has 9 nitrogen and oxygen atoms in total. The molecular formula is C18H22N4O5. The third kappa shape index (κ3) is 5.45. The topological polar surface area (TPSA) is 119 Å². The maximum Gasteiger partial charge on any atom is 0.415 e. The molecule has 1 aromatic carbocycles. The molecule has 9 heteroatoms. The van der Waals surface area contributed by atoms with Crippen LogP contribution in [0.3, 0.4) is 0 Å².